The molecule has 1 N–H and O–H groups in total. The summed E-state index contributed by atoms with van der Waals surface area (Å²) in [5.41, 5.74) is 4.64. The molecule has 0 amide bonds. The number of fused-ring (bicyclic) bond motifs is 3. The van der Waals surface area contributed by atoms with Crippen LogP contribution in [0.3, 0.4) is 0 Å². The smallest absolute Gasteiger partial charge is 0.127 e. The average molecular weight is 661 g/mol. The van der Waals surface area contributed by atoms with Crippen LogP contribution >= 0.6 is 0 Å². The van der Waals surface area contributed by atoms with E-state index in [2.05, 4.69) is 73.6 Å². The molecule has 4 heteroatoms. The number of rotatable bonds is 15. The maximum Gasteiger partial charge on any atom is 0.127 e. The Morgan fingerprint density at radius 3 is 1.92 bits per heavy atom. The van der Waals surface area contributed by atoms with Gasteiger partial charge in [0.15, 0.2) is 0 Å². The lowest BCUT2D eigenvalue weighted by Crippen LogP contribution is -2.46. The highest BCUT2D eigenvalue weighted by atomic mass is 16.5. The first-order valence-electron chi connectivity index (χ1n) is 20.0. The SMILES string of the molecule is CCCCCc1cc(OCCOc2cc(CCCCC)cc(O)c2[C@@H]2C[C@@H](C)CC[C@H]2C(C)C)c2c(c1)OC(C)(C)[C@@H]1CC[C@H](C)C[C@@H]21. The molecule has 2 saturated carbocycles. The summed E-state index contributed by atoms with van der Waals surface area (Å²) in [5.74, 6) is 7.08. The first-order valence-corrected chi connectivity index (χ1v) is 20.0. The van der Waals surface area contributed by atoms with Gasteiger partial charge in [-0.05, 0) is 136 Å². The molecule has 4 nitrogen and oxygen atoms in total. The van der Waals surface area contributed by atoms with Gasteiger partial charge in [-0.2, -0.15) is 0 Å². The molecule has 0 radical (unpaired) electrons. The Bertz CT molecular complexity index is 1330. The number of ether oxygens (including phenoxy) is 3. The quantitative estimate of drug-likeness (QED) is 0.193. The number of benzene rings is 2. The van der Waals surface area contributed by atoms with Crippen molar-refractivity contribution in [3.8, 4) is 23.0 Å². The summed E-state index contributed by atoms with van der Waals surface area (Å²) < 4.78 is 20.3. The van der Waals surface area contributed by atoms with Gasteiger partial charge in [-0.25, -0.2) is 0 Å². The summed E-state index contributed by atoms with van der Waals surface area (Å²) in [6, 6.07) is 8.90. The van der Waals surface area contributed by atoms with Crippen LogP contribution in [0.4, 0.5) is 0 Å². The molecule has 2 aromatic rings. The van der Waals surface area contributed by atoms with Crippen molar-refractivity contribution in [2.75, 3.05) is 13.2 Å². The van der Waals surface area contributed by atoms with Crippen molar-refractivity contribution in [3.63, 3.8) is 0 Å². The zero-order valence-corrected chi connectivity index (χ0v) is 31.8. The van der Waals surface area contributed by atoms with Crippen LogP contribution in [0.2, 0.25) is 0 Å². The first kappa shape index (κ1) is 36.9. The number of hydrogen-bond acceptors (Lipinski definition) is 4. The summed E-state index contributed by atoms with van der Waals surface area (Å²) >= 11 is 0. The van der Waals surface area contributed by atoms with Crippen LogP contribution < -0.4 is 14.2 Å². The normalized spacial score (nSPS) is 26.4. The highest BCUT2D eigenvalue weighted by Crippen LogP contribution is 2.56. The molecule has 5 rings (SSSR count). The van der Waals surface area contributed by atoms with Crippen LogP contribution in [-0.4, -0.2) is 23.9 Å². The Labute approximate surface area is 293 Å². The van der Waals surface area contributed by atoms with E-state index in [1.165, 1.54) is 80.9 Å². The van der Waals surface area contributed by atoms with E-state index in [0.29, 0.717) is 60.4 Å². The summed E-state index contributed by atoms with van der Waals surface area (Å²) in [6.07, 6.45) is 16.4. The molecule has 268 valence electrons. The van der Waals surface area contributed by atoms with Crippen molar-refractivity contribution < 1.29 is 19.3 Å². The standard InChI is InChI=1S/C44H68O4/c1-9-11-13-15-32-25-38(45)42(35-23-30(5)17-19-34(35)29(3)4)39(26-32)46-21-22-47-40-27-33(16-14-12-10-2)28-41-43(40)36-24-31(6)18-20-37(36)44(7,8)48-41/h25-31,34-37,45H,9-24H2,1-8H3/t30-,31-,34-,35+,36+,37+/m0/s1. The lowest BCUT2D eigenvalue weighted by Gasteiger charge is -2.49. The maximum atomic E-state index is 11.6. The third-order valence-electron chi connectivity index (χ3n) is 12.2. The molecule has 0 unspecified atom stereocenters. The van der Waals surface area contributed by atoms with E-state index in [1.807, 2.05) is 6.07 Å². The van der Waals surface area contributed by atoms with Gasteiger partial charge in [-0.15, -0.1) is 0 Å². The molecule has 3 aliphatic rings. The second-order valence-electron chi connectivity index (χ2n) is 16.9. The minimum absolute atomic E-state index is 0.175. The van der Waals surface area contributed by atoms with Gasteiger partial charge in [-0.3, -0.25) is 0 Å². The van der Waals surface area contributed by atoms with E-state index in [9.17, 15) is 5.11 Å². The van der Waals surface area contributed by atoms with Crippen molar-refractivity contribution in [1.29, 1.82) is 0 Å². The minimum atomic E-state index is -0.175. The molecular weight excluding hydrogens is 592 g/mol. The summed E-state index contributed by atoms with van der Waals surface area (Å²) in [5, 5.41) is 11.6. The monoisotopic (exact) mass is 661 g/mol. The Balaban J connectivity index is 1.40. The van der Waals surface area contributed by atoms with E-state index in [4.69, 9.17) is 14.2 Å². The van der Waals surface area contributed by atoms with Gasteiger partial charge < -0.3 is 19.3 Å². The molecule has 2 aliphatic carbocycles. The predicted molar refractivity (Wildman–Crippen MR) is 200 cm³/mol. The van der Waals surface area contributed by atoms with Gasteiger partial charge in [0.05, 0.1) is 0 Å². The topological polar surface area (TPSA) is 47.9 Å². The van der Waals surface area contributed by atoms with Crippen molar-refractivity contribution >= 4 is 0 Å². The number of phenols is 1. The van der Waals surface area contributed by atoms with Gasteiger partial charge in [0, 0.05) is 17.0 Å². The first-order chi connectivity index (χ1) is 23.0. The van der Waals surface area contributed by atoms with Crippen LogP contribution in [0, 0.1) is 29.6 Å². The van der Waals surface area contributed by atoms with Crippen molar-refractivity contribution in [2.24, 2.45) is 29.6 Å². The van der Waals surface area contributed by atoms with Crippen molar-refractivity contribution in [2.45, 2.75) is 163 Å². The summed E-state index contributed by atoms with van der Waals surface area (Å²) in [4.78, 5) is 0. The molecule has 0 bridgehead atoms. The highest BCUT2D eigenvalue weighted by Gasteiger charge is 2.47. The number of aryl methyl sites for hydroxylation is 2. The fraction of sp³-hybridized carbons (Fsp3) is 0.727. The van der Waals surface area contributed by atoms with Crippen molar-refractivity contribution in [1.82, 2.24) is 0 Å². The number of phenolic OH excluding ortho intramolecular Hbond substituents is 1. The Kier molecular flexibility index (Phi) is 12.7. The third kappa shape index (κ3) is 8.67. The second-order valence-corrected chi connectivity index (χ2v) is 16.9. The minimum Gasteiger partial charge on any atom is -0.508 e. The molecule has 2 fully saturated rings. The van der Waals surface area contributed by atoms with E-state index in [0.717, 1.165) is 48.5 Å². The Morgan fingerprint density at radius 1 is 0.750 bits per heavy atom. The summed E-state index contributed by atoms with van der Waals surface area (Å²) in [7, 11) is 0. The number of hydrogen-bond donors (Lipinski definition) is 1. The van der Waals surface area contributed by atoms with Crippen molar-refractivity contribution in [3.05, 3.63) is 46.5 Å². The Morgan fingerprint density at radius 2 is 1.31 bits per heavy atom. The highest BCUT2D eigenvalue weighted by molar-refractivity contribution is 5.53. The third-order valence-corrected chi connectivity index (χ3v) is 12.2. The molecule has 1 aliphatic heterocycles. The van der Waals surface area contributed by atoms with Gasteiger partial charge >= 0.3 is 0 Å². The van der Waals surface area contributed by atoms with Crippen LogP contribution in [-0.2, 0) is 12.8 Å². The van der Waals surface area contributed by atoms with Crippen LogP contribution in [0.25, 0.3) is 0 Å². The molecule has 2 aromatic carbocycles. The zero-order chi connectivity index (χ0) is 34.4. The Hall–Kier alpha value is -2.36. The molecular formula is C44H68O4. The van der Waals surface area contributed by atoms with E-state index < -0.39 is 0 Å². The molecule has 0 saturated heterocycles. The lowest BCUT2D eigenvalue weighted by molar-refractivity contribution is -0.0149. The average Bonchev–Trinajstić information content (AvgIpc) is 3.02. The summed E-state index contributed by atoms with van der Waals surface area (Å²) in [6.45, 7) is 19.5. The van der Waals surface area contributed by atoms with Crippen LogP contribution in [0.15, 0.2) is 24.3 Å². The van der Waals surface area contributed by atoms with E-state index in [-0.39, 0.29) is 5.60 Å². The number of aromatic hydroxyl groups is 1. The fourth-order valence-corrected chi connectivity index (χ4v) is 9.56. The number of unbranched alkanes of at least 4 members (excludes halogenated alkanes) is 4. The molecule has 48 heavy (non-hydrogen) atoms. The van der Waals surface area contributed by atoms with Gasteiger partial charge in [0.2, 0.25) is 0 Å². The van der Waals surface area contributed by atoms with E-state index in [1.54, 1.807) is 0 Å². The fourth-order valence-electron chi connectivity index (χ4n) is 9.56. The van der Waals surface area contributed by atoms with Gasteiger partial charge in [-0.1, -0.05) is 80.1 Å². The maximum absolute atomic E-state index is 11.6. The molecule has 0 spiro atoms. The predicted octanol–water partition coefficient (Wildman–Crippen LogP) is 12.2. The van der Waals surface area contributed by atoms with Gasteiger partial charge in [0.1, 0.15) is 41.8 Å². The van der Waals surface area contributed by atoms with Gasteiger partial charge in [0.25, 0.3) is 0 Å². The van der Waals surface area contributed by atoms with Crippen LogP contribution in [0.1, 0.15) is 167 Å². The second kappa shape index (κ2) is 16.6. The largest absolute Gasteiger partial charge is 0.508 e. The van der Waals surface area contributed by atoms with Crippen LogP contribution in [0.5, 0.6) is 23.0 Å². The molecule has 6 atom stereocenters. The van der Waals surface area contributed by atoms with E-state index >= 15 is 0 Å². The lowest BCUT2D eigenvalue weighted by atomic mass is 9.64. The molecule has 1 heterocycles. The molecule has 0 aromatic heterocycles. The zero-order valence-electron chi connectivity index (χ0n) is 31.8.